The Balaban J connectivity index is 1.73. The predicted molar refractivity (Wildman–Crippen MR) is 87.5 cm³/mol. The molecule has 2 heterocycles. The Labute approximate surface area is 137 Å². The fourth-order valence-electron chi connectivity index (χ4n) is 3.29. The van der Waals surface area contributed by atoms with Crippen molar-refractivity contribution in [1.82, 2.24) is 9.80 Å². The van der Waals surface area contributed by atoms with Gasteiger partial charge in [0.05, 0.1) is 13.2 Å². The van der Waals surface area contributed by atoms with Gasteiger partial charge >= 0.3 is 0 Å². The SMILES string of the molecule is CC1CCCN(C(=O)c2cccc(C(=O)N3CCOCC3)c2)C1. The van der Waals surface area contributed by atoms with Gasteiger partial charge < -0.3 is 14.5 Å². The number of amides is 2. The lowest BCUT2D eigenvalue weighted by Crippen LogP contribution is -2.41. The van der Waals surface area contributed by atoms with Crippen LogP contribution in [0.1, 0.15) is 40.5 Å². The van der Waals surface area contributed by atoms with E-state index in [0.29, 0.717) is 43.3 Å². The van der Waals surface area contributed by atoms with Gasteiger partial charge in [0.25, 0.3) is 11.8 Å². The van der Waals surface area contributed by atoms with Crippen LogP contribution in [0, 0.1) is 5.92 Å². The molecule has 124 valence electrons. The summed E-state index contributed by atoms with van der Waals surface area (Å²) in [4.78, 5) is 28.9. The van der Waals surface area contributed by atoms with Crippen LogP contribution in [0.2, 0.25) is 0 Å². The first kappa shape index (κ1) is 16.0. The van der Waals surface area contributed by atoms with Crippen molar-refractivity contribution in [2.75, 3.05) is 39.4 Å². The van der Waals surface area contributed by atoms with Crippen molar-refractivity contribution in [3.8, 4) is 0 Å². The molecule has 2 aliphatic heterocycles. The summed E-state index contributed by atoms with van der Waals surface area (Å²) >= 11 is 0. The number of benzene rings is 1. The highest BCUT2D eigenvalue weighted by Gasteiger charge is 2.24. The van der Waals surface area contributed by atoms with Gasteiger partial charge in [-0.05, 0) is 37.0 Å². The van der Waals surface area contributed by atoms with E-state index in [0.717, 1.165) is 19.5 Å². The molecule has 2 aliphatic rings. The minimum Gasteiger partial charge on any atom is -0.378 e. The van der Waals surface area contributed by atoms with E-state index in [-0.39, 0.29) is 11.8 Å². The zero-order valence-electron chi connectivity index (χ0n) is 13.7. The van der Waals surface area contributed by atoms with E-state index in [1.54, 1.807) is 29.2 Å². The van der Waals surface area contributed by atoms with Gasteiger partial charge in [0.2, 0.25) is 0 Å². The average Bonchev–Trinajstić information content (AvgIpc) is 2.61. The smallest absolute Gasteiger partial charge is 0.254 e. The first-order valence-electron chi connectivity index (χ1n) is 8.41. The molecular formula is C18H24N2O3. The molecule has 5 nitrogen and oxygen atoms in total. The predicted octanol–water partition coefficient (Wildman–Crippen LogP) is 2.03. The normalized spacial score (nSPS) is 22.0. The minimum atomic E-state index is -0.0186. The fourth-order valence-corrected chi connectivity index (χ4v) is 3.29. The topological polar surface area (TPSA) is 49.9 Å². The highest BCUT2D eigenvalue weighted by Crippen LogP contribution is 2.19. The highest BCUT2D eigenvalue weighted by molar-refractivity contribution is 5.99. The van der Waals surface area contributed by atoms with Crippen molar-refractivity contribution < 1.29 is 14.3 Å². The van der Waals surface area contributed by atoms with E-state index in [4.69, 9.17) is 4.74 Å². The van der Waals surface area contributed by atoms with Gasteiger partial charge in [-0.25, -0.2) is 0 Å². The third kappa shape index (κ3) is 3.72. The van der Waals surface area contributed by atoms with Gasteiger partial charge in [0.1, 0.15) is 0 Å². The zero-order chi connectivity index (χ0) is 16.2. The number of likely N-dealkylation sites (tertiary alicyclic amines) is 1. The second-order valence-corrected chi connectivity index (χ2v) is 6.48. The lowest BCUT2D eigenvalue weighted by Gasteiger charge is -2.31. The van der Waals surface area contributed by atoms with E-state index in [9.17, 15) is 9.59 Å². The Morgan fingerprint density at radius 3 is 2.35 bits per heavy atom. The maximum Gasteiger partial charge on any atom is 0.254 e. The molecule has 0 radical (unpaired) electrons. The molecule has 1 unspecified atom stereocenters. The number of carbonyl (C=O) groups is 2. The van der Waals surface area contributed by atoms with Crippen molar-refractivity contribution in [3.05, 3.63) is 35.4 Å². The van der Waals surface area contributed by atoms with Crippen LogP contribution in [0.3, 0.4) is 0 Å². The molecule has 0 N–H and O–H groups in total. The monoisotopic (exact) mass is 316 g/mol. The van der Waals surface area contributed by atoms with Gasteiger partial charge in [-0.2, -0.15) is 0 Å². The molecule has 23 heavy (non-hydrogen) atoms. The summed E-state index contributed by atoms with van der Waals surface area (Å²) in [5.74, 6) is 0.564. The summed E-state index contributed by atoms with van der Waals surface area (Å²) in [7, 11) is 0. The second kappa shape index (κ2) is 7.13. The Kier molecular flexibility index (Phi) is 4.96. The summed E-state index contributed by atoms with van der Waals surface area (Å²) in [6.07, 6.45) is 2.23. The second-order valence-electron chi connectivity index (χ2n) is 6.48. The van der Waals surface area contributed by atoms with Gasteiger partial charge in [-0.15, -0.1) is 0 Å². The van der Waals surface area contributed by atoms with Crippen LogP contribution < -0.4 is 0 Å². The van der Waals surface area contributed by atoms with Crippen molar-refractivity contribution in [3.63, 3.8) is 0 Å². The summed E-state index contributed by atoms with van der Waals surface area (Å²) in [5, 5.41) is 0. The molecule has 0 saturated carbocycles. The van der Waals surface area contributed by atoms with Gasteiger partial charge in [-0.1, -0.05) is 13.0 Å². The van der Waals surface area contributed by atoms with Crippen LogP contribution in [0.15, 0.2) is 24.3 Å². The number of rotatable bonds is 2. The third-order valence-corrected chi connectivity index (χ3v) is 4.60. The fraction of sp³-hybridized carbons (Fsp3) is 0.556. The van der Waals surface area contributed by atoms with Gasteiger partial charge in [0.15, 0.2) is 0 Å². The standard InChI is InChI=1S/C18H24N2O3/c1-14-4-3-7-20(13-14)18(22)16-6-2-5-15(12-16)17(21)19-8-10-23-11-9-19/h2,5-6,12,14H,3-4,7-11,13H2,1H3. The molecule has 0 aromatic heterocycles. The highest BCUT2D eigenvalue weighted by atomic mass is 16.5. The molecule has 5 heteroatoms. The summed E-state index contributed by atoms with van der Waals surface area (Å²) in [6, 6.07) is 7.12. The largest absolute Gasteiger partial charge is 0.378 e. The molecule has 1 atom stereocenters. The molecule has 3 rings (SSSR count). The lowest BCUT2D eigenvalue weighted by molar-refractivity contribution is 0.0303. The molecule has 1 aromatic rings. The van der Waals surface area contributed by atoms with E-state index in [2.05, 4.69) is 6.92 Å². The molecule has 2 amide bonds. The number of nitrogens with zero attached hydrogens (tertiary/aromatic N) is 2. The van der Waals surface area contributed by atoms with Crippen LogP contribution in [-0.4, -0.2) is 61.0 Å². The molecule has 2 fully saturated rings. The van der Waals surface area contributed by atoms with Crippen LogP contribution in [0.25, 0.3) is 0 Å². The van der Waals surface area contributed by atoms with E-state index < -0.39 is 0 Å². The Hall–Kier alpha value is -1.88. The Bertz CT molecular complexity index is 581. The first-order chi connectivity index (χ1) is 11.1. The number of hydrogen-bond donors (Lipinski definition) is 0. The number of hydrogen-bond acceptors (Lipinski definition) is 3. The van der Waals surface area contributed by atoms with E-state index >= 15 is 0 Å². The maximum absolute atomic E-state index is 12.7. The molecule has 0 bridgehead atoms. The van der Waals surface area contributed by atoms with Crippen LogP contribution >= 0.6 is 0 Å². The molecule has 0 spiro atoms. The van der Waals surface area contributed by atoms with Crippen molar-refractivity contribution in [2.45, 2.75) is 19.8 Å². The number of ether oxygens (including phenoxy) is 1. The van der Waals surface area contributed by atoms with E-state index in [1.165, 1.54) is 6.42 Å². The van der Waals surface area contributed by atoms with Gasteiger partial charge in [0, 0.05) is 37.3 Å². The average molecular weight is 316 g/mol. The Morgan fingerprint density at radius 1 is 1.04 bits per heavy atom. The minimum absolute atomic E-state index is 0.0186. The van der Waals surface area contributed by atoms with Crippen LogP contribution in [0.4, 0.5) is 0 Å². The van der Waals surface area contributed by atoms with Gasteiger partial charge in [-0.3, -0.25) is 9.59 Å². The molecule has 1 aromatic carbocycles. The maximum atomic E-state index is 12.7. The molecular weight excluding hydrogens is 292 g/mol. The van der Waals surface area contributed by atoms with Crippen molar-refractivity contribution >= 4 is 11.8 Å². The third-order valence-electron chi connectivity index (χ3n) is 4.60. The summed E-state index contributed by atoms with van der Waals surface area (Å²) in [5.41, 5.74) is 1.20. The number of piperidine rings is 1. The first-order valence-corrected chi connectivity index (χ1v) is 8.41. The quantitative estimate of drug-likeness (QED) is 0.839. The molecule has 0 aliphatic carbocycles. The number of carbonyl (C=O) groups excluding carboxylic acids is 2. The summed E-state index contributed by atoms with van der Waals surface area (Å²) in [6.45, 7) is 6.18. The van der Waals surface area contributed by atoms with Crippen LogP contribution in [-0.2, 0) is 4.74 Å². The van der Waals surface area contributed by atoms with Crippen molar-refractivity contribution in [1.29, 1.82) is 0 Å². The van der Waals surface area contributed by atoms with Crippen LogP contribution in [0.5, 0.6) is 0 Å². The number of morpholine rings is 1. The molecule has 2 saturated heterocycles. The summed E-state index contributed by atoms with van der Waals surface area (Å²) < 4.78 is 5.28. The zero-order valence-corrected chi connectivity index (χ0v) is 13.7. The van der Waals surface area contributed by atoms with Crippen molar-refractivity contribution in [2.24, 2.45) is 5.92 Å². The lowest BCUT2D eigenvalue weighted by atomic mass is 9.99. The Morgan fingerprint density at radius 2 is 1.70 bits per heavy atom. The van der Waals surface area contributed by atoms with E-state index in [1.807, 2.05) is 4.90 Å².